The lowest BCUT2D eigenvalue weighted by molar-refractivity contribution is -0.124. The molecule has 1 N–H and O–H groups in total. The number of piperidine rings is 1. The van der Waals surface area contributed by atoms with Crippen LogP contribution < -0.4 is 10.2 Å². The van der Waals surface area contributed by atoms with E-state index in [2.05, 4.69) is 64.8 Å². The van der Waals surface area contributed by atoms with Crippen LogP contribution in [0.25, 0.3) is 0 Å². The maximum atomic E-state index is 13.3. The first-order chi connectivity index (χ1) is 20.0. The molecule has 1 aliphatic heterocycles. The minimum absolute atomic E-state index is 0.122. The van der Waals surface area contributed by atoms with Crippen LogP contribution in [0.5, 0.6) is 0 Å². The molecule has 1 heterocycles. The Morgan fingerprint density at radius 2 is 1.37 bits per heavy atom. The fraction of sp³-hybridized carbons (Fsp3) is 0.297. The molecule has 0 spiro atoms. The minimum atomic E-state index is -0.126. The number of nitrogens with zero attached hydrogens (tertiary/aromatic N) is 1. The standard InChI is InChI=1S/C37H40N2O2/c1-27(2)38-37(41)36(30-13-7-4-8-14-30)31-21-23-39(24-22-31)33-19-17-29(18-20-33)26-35(40)34-16-10-9-15-32(34)25-28-11-5-3-6-12-28/h3-20,27,31,36H,21-26H2,1-2H3,(H,38,41). The Morgan fingerprint density at radius 3 is 2.02 bits per heavy atom. The zero-order chi connectivity index (χ0) is 28.6. The molecule has 210 valence electrons. The highest BCUT2D eigenvalue weighted by molar-refractivity contribution is 5.99. The van der Waals surface area contributed by atoms with Crippen LogP contribution in [0.3, 0.4) is 0 Å². The predicted molar refractivity (Wildman–Crippen MR) is 168 cm³/mol. The summed E-state index contributed by atoms with van der Waals surface area (Å²) in [5, 5.41) is 3.15. The number of nitrogens with one attached hydrogen (secondary N) is 1. The van der Waals surface area contributed by atoms with Crippen LogP contribution >= 0.6 is 0 Å². The summed E-state index contributed by atoms with van der Waals surface area (Å²) in [4.78, 5) is 28.9. The van der Waals surface area contributed by atoms with Gasteiger partial charge in [-0.2, -0.15) is 0 Å². The molecule has 0 bridgehead atoms. The third-order valence-corrected chi connectivity index (χ3v) is 8.10. The Hall–Kier alpha value is -4.18. The lowest BCUT2D eigenvalue weighted by Gasteiger charge is -2.37. The van der Waals surface area contributed by atoms with Crippen LogP contribution in [0.2, 0.25) is 0 Å². The van der Waals surface area contributed by atoms with Crippen molar-refractivity contribution in [2.45, 2.75) is 51.5 Å². The number of amides is 1. The molecule has 0 aromatic heterocycles. The molecular weight excluding hydrogens is 504 g/mol. The maximum Gasteiger partial charge on any atom is 0.228 e. The van der Waals surface area contributed by atoms with E-state index in [9.17, 15) is 9.59 Å². The van der Waals surface area contributed by atoms with Crippen molar-refractivity contribution in [1.82, 2.24) is 5.32 Å². The van der Waals surface area contributed by atoms with E-state index in [1.165, 1.54) is 11.3 Å². The summed E-state index contributed by atoms with van der Waals surface area (Å²) in [5.74, 6) is 0.458. The number of carbonyl (C=O) groups is 2. The fourth-order valence-corrected chi connectivity index (χ4v) is 6.03. The molecule has 1 saturated heterocycles. The van der Waals surface area contributed by atoms with Crippen molar-refractivity contribution < 1.29 is 9.59 Å². The lowest BCUT2D eigenvalue weighted by Crippen LogP contribution is -2.42. The predicted octanol–water partition coefficient (Wildman–Crippen LogP) is 7.23. The van der Waals surface area contributed by atoms with Crippen molar-refractivity contribution in [2.75, 3.05) is 18.0 Å². The van der Waals surface area contributed by atoms with Crippen molar-refractivity contribution >= 4 is 17.4 Å². The molecule has 1 fully saturated rings. The Bertz CT molecular complexity index is 1420. The van der Waals surface area contributed by atoms with Gasteiger partial charge in [0.25, 0.3) is 0 Å². The van der Waals surface area contributed by atoms with Crippen molar-refractivity contribution in [3.63, 3.8) is 0 Å². The Kier molecular flexibility index (Phi) is 9.30. The van der Waals surface area contributed by atoms with Crippen molar-refractivity contribution in [1.29, 1.82) is 0 Å². The Labute approximate surface area is 244 Å². The average Bonchev–Trinajstić information content (AvgIpc) is 2.99. The molecule has 4 nitrogen and oxygen atoms in total. The molecule has 41 heavy (non-hydrogen) atoms. The quantitative estimate of drug-likeness (QED) is 0.214. The van der Waals surface area contributed by atoms with Gasteiger partial charge in [-0.25, -0.2) is 0 Å². The third-order valence-electron chi connectivity index (χ3n) is 8.10. The summed E-state index contributed by atoms with van der Waals surface area (Å²) in [6.07, 6.45) is 3.06. The number of hydrogen-bond acceptors (Lipinski definition) is 3. The average molecular weight is 545 g/mol. The summed E-state index contributed by atoms with van der Waals surface area (Å²) in [6, 6.07) is 37.0. The highest BCUT2D eigenvalue weighted by Gasteiger charge is 2.33. The second kappa shape index (κ2) is 13.5. The first kappa shape index (κ1) is 28.4. The maximum absolute atomic E-state index is 13.3. The Balaban J connectivity index is 1.21. The van der Waals surface area contributed by atoms with Crippen LogP contribution in [-0.2, 0) is 17.6 Å². The van der Waals surface area contributed by atoms with Crippen LogP contribution in [0.4, 0.5) is 5.69 Å². The highest BCUT2D eigenvalue weighted by atomic mass is 16.2. The summed E-state index contributed by atoms with van der Waals surface area (Å²) in [7, 11) is 0. The number of Topliss-reactive ketones (excluding diaryl/α,β-unsaturated/α-hetero) is 1. The minimum Gasteiger partial charge on any atom is -0.372 e. The molecule has 4 aromatic rings. The van der Waals surface area contributed by atoms with Crippen molar-refractivity contribution in [3.05, 3.63) is 137 Å². The fourth-order valence-electron chi connectivity index (χ4n) is 6.03. The van der Waals surface area contributed by atoms with E-state index in [1.807, 2.05) is 68.4 Å². The smallest absolute Gasteiger partial charge is 0.228 e. The molecule has 0 saturated carbocycles. The number of rotatable bonds is 10. The van der Waals surface area contributed by atoms with Crippen LogP contribution in [0, 0.1) is 5.92 Å². The monoisotopic (exact) mass is 544 g/mol. The van der Waals surface area contributed by atoms with E-state index >= 15 is 0 Å². The summed E-state index contributed by atoms with van der Waals surface area (Å²) in [6.45, 7) is 5.86. The molecule has 4 aromatic carbocycles. The topological polar surface area (TPSA) is 49.4 Å². The number of carbonyl (C=O) groups excluding carboxylic acids is 2. The number of anilines is 1. The van der Waals surface area contributed by atoms with E-state index in [0.29, 0.717) is 12.3 Å². The zero-order valence-corrected chi connectivity index (χ0v) is 24.1. The van der Waals surface area contributed by atoms with Crippen LogP contribution in [0.1, 0.15) is 65.2 Å². The van der Waals surface area contributed by atoms with Crippen molar-refractivity contribution in [3.8, 4) is 0 Å². The van der Waals surface area contributed by atoms with E-state index in [4.69, 9.17) is 0 Å². The van der Waals surface area contributed by atoms with E-state index in [0.717, 1.165) is 54.6 Å². The highest BCUT2D eigenvalue weighted by Crippen LogP contribution is 2.34. The normalized spacial score (nSPS) is 14.6. The van der Waals surface area contributed by atoms with E-state index < -0.39 is 0 Å². The molecule has 1 amide bonds. The van der Waals surface area contributed by atoms with Gasteiger partial charge in [-0.1, -0.05) is 97.1 Å². The molecule has 1 aliphatic rings. The zero-order valence-electron chi connectivity index (χ0n) is 24.1. The van der Waals surface area contributed by atoms with Gasteiger partial charge in [-0.15, -0.1) is 0 Å². The largest absolute Gasteiger partial charge is 0.372 e. The van der Waals surface area contributed by atoms with E-state index in [1.54, 1.807) is 0 Å². The van der Waals surface area contributed by atoms with Gasteiger partial charge in [-0.05, 0) is 73.4 Å². The molecule has 1 unspecified atom stereocenters. The van der Waals surface area contributed by atoms with Gasteiger partial charge < -0.3 is 10.2 Å². The number of hydrogen-bond donors (Lipinski definition) is 1. The molecule has 4 heteroatoms. The van der Waals surface area contributed by atoms with Crippen LogP contribution in [0.15, 0.2) is 109 Å². The molecule has 5 rings (SSSR count). The third kappa shape index (κ3) is 7.32. The van der Waals surface area contributed by atoms with Crippen LogP contribution in [-0.4, -0.2) is 30.8 Å². The lowest BCUT2D eigenvalue weighted by atomic mass is 9.79. The van der Waals surface area contributed by atoms with Gasteiger partial charge in [0.15, 0.2) is 5.78 Å². The summed E-state index contributed by atoms with van der Waals surface area (Å²) >= 11 is 0. The number of benzene rings is 4. The van der Waals surface area contributed by atoms with Gasteiger partial charge in [-0.3, -0.25) is 9.59 Å². The Morgan fingerprint density at radius 1 is 0.756 bits per heavy atom. The second-order valence-electron chi connectivity index (χ2n) is 11.5. The summed E-state index contributed by atoms with van der Waals surface area (Å²) in [5.41, 5.74) is 6.38. The molecule has 0 radical (unpaired) electrons. The SMILES string of the molecule is CC(C)NC(=O)C(c1ccccc1)C1CCN(c2ccc(CC(=O)c3ccccc3Cc3ccccc3)cc2)CC1. The van der Waals surface area contributed by atoms with E-state index in [-0.39, 0.29) is 23.7 Å². The van der Waals surface area contributed by atoms with Gasteiger partial charge in [0.2, 0.25) is 5.91 Å². The summed E-state index contributed by atoms with van der Waals surface area (Å²) < 4.78 is 0. The van der Waals surface area contributed by atoms with Crippen molar-refractivity contribution in [2.24, 2.45) is 5.92 Å². The first-order valence-electron chi connectivity index (χ1n) is 14.8. The number of ketones is 1. The van der Waals surface area contributed by atoms with Gasteiger partial charge >= 0.3 is 0 Å². The van der Waals surface area contributed by atoms with Gasteiger partial charge in [0.05, 0.1) is 5.92 Å². The first-order valence-corrected chi connectivity index (χ1v) is 14.8. The van der Waals surface area contributed by atoms with Gasteiger partial charge in [0, 0.05) is 36.8 Å². The molecular formula is C37H40N2O2. The molecule has 0 aliphatic carbocycles. The molecule has 1 atom stereocenters. The van der Waals surface area contributed by atoms with Gasteiger partial charge in [0.1, 0.15) is 0 Å². The second-order valence-corrected chi connectivity index (χ2v) is 11.5.